The van der Waals surface area contributed by atoms with Gasteiger partial charge in [0.15, 0.2) is 0 Å². The molecule has 1 aliphatic rings. The van der Waals surface area contributed by atoms with Gasteiger partial charge in [0.1, 0.15) is 0 Å². The van der Waals surface area contributed by atoms with Crippen LogP contribution in [-0.4, -0.2) is 23.4 Å². The lowest BCUT2D eigenvalue weighted by molar-refractivity contribution is -0.387. The highest BCUT2D eigenvalue weighted by molar-refractivity contribution is 5.98. The van der Waals surface area contributed by atoms with E-state index in [-0.39, 0.29) is 18.5 Å². The maximum absolute atomic E-state index is 13.3. The predicted octanol–water partition coefficient (Wildman–Crippen LogP) is 3.12. The molecule has 1 heterocycles. The molecule has 0 spiro atoms. The summed E-state index contributed by atoms with van der Waals surface area (Å²) in [5, 5.41) is 13.6. The highest BCUT2D eigenvalue weighted by Crippen LogP contribution is 2.31. The van der Waals surface area contributed by atoms with Crippen LogP contribution in [0, 0.1) is 15.9 Å². The summed E-state index contributed by atoms with van der Waals surface area (Å²) >= 11 is 0. The van der Waals surface area contributed by atoms with Gasteiger partial charge < -0.3 is 10.2 Å². The monoisotopic (exact) mass is 329 g/mol. The average molecular weight is 329 g/mol. The number of anilines is 2. The fourth-order valence-electron chi connectivity index (χ4n) is 2.97. The molecule has 0 aromatic heterocycles. The van der Waals surface area contributed by atoms with Crippen LogP contribution >= 0.6 is 0 Å². The Balaban J connectivity index is 1.73. The summed E-state index contributed by atoms with van der Waals surface area (Å²) in [7, 11) is 0. The average Bonchev–Trinajstić information content (AvgIpc) is 2.89. The highest BCUT2D eigenvalue weighted by atomic mass is 19.1. The minimum Gasteiger partial charge on any atom is -0.376 e. The van der Waals surface area contributed by atoms with Gasteiger partial charge in [-0.15, -0.1) is 0 Å². The van der Waals surface area contributed by atoms with E-state index >= 15 is 0 Å². The number of nitrogens with zero attached hydrogens (tertiary/aromatic N) is 2. The van der Waals surface area contributed by atoms with Crippen molar-refractivity contribution in [2.45, 2.75) is 19.4 Å². The van der Waals surface area contributed by atoms with Crippen LogP contribution in [0.2, 0.25) is 0 Å². The number of halogens is 1. The predicted molar refractivity (Wildman–Crippen MR) is 88.6 cm³/mol. The minimum absolute atomic E-state index is 0.0263. The van der Waals surface area contributed by atoms with Crippen molar-refractivity contribution in [3.8, 4) is 0 Å². The summed E-state index contributed by atoms with van der Waals surface area (Å²) in [5.74, 6) is -1.04. The molecule has 0 saturated carbocycles. The number of nitro benzene ring substituents is 1. The summed E-state index contributed by atoms with van der Waals surface area (Å²) in [5.41, 5.74) is 1.72. The fraction of sp³-hybridized carbons (Fsp3) is 0.235. The molecule has 2 aromatic carbocycles. The summed E-state index contributed by atoms with van der Waals surface area (Å²) in [6.45, 7) is 1.95. The molecule has 0 bridgehead atoms. The third-order valence-electron chi connectivity index (χ3n) is 4.06. The normalized spacial score (nSPS) is 15.9. The van der Waals surface area contributed by atoms with E-state index < -0.39 is 16.4 Å². The van der Waals surface area contributed by atoms with Crippen molar-refractivity contribution in [1.29, 1.82) is 0 Å². The van der Waals surface area contributed by atoms with Gasteiger partial charge in [0.25, 0.3) is 0 Å². The number of fused-ring (bicyclic) bond motifs is 1. The highest BCUT2D eigenvalue weighted by Gasteiger charge is 2.30. The summed E-state index contributed by atoms with van der Waals surface area (Å²) in [6.07, 6.45) is 0.796. The van der Waals surface area contributed by atoms with Gasteiger partial charge in [-0.1, -0.05) is 18.2 Å². The quantitative estimate of drug-likeness (QED) is 0.691. The lowest BCUT2D eigenvalue weighted by Crippen LogP contribution is -2.39. The molecule has 1 amide bonds. The van der Waals surface area contributed by atoms with E-state index in [4.69, 9.17) is 0 Å². The smallest absolute Gasteiger partial charge is 0.306 e. The van der Waals surface area contributed by atoms with Crippen LogP contribution in [-0.2, 0) is 11.2 Å². The standard InChI is InChI=1S/C17H16FN3O3/c1-11-8-12-4-2-3-5-15(12)20(11)17(22)10-19-13-6-7-14(18)16(9-13)21(23)24/h2-7,9,11,19H,8,10H2,1H3/t11-/m0/s1. The zero-order chi connectivity index (χ0) is 17.3. The number of nitro groups is 1. The van der Waals surface area contributed by atoms with Crippen molar-refractivity contribution < 1.29 is 14.1 Å². The van der Waals surface area contributed by atoms with Crippen molar-refractivity contribution >= 4 is 23.0 Å². The van der Waals surface area contributed by atoms with Gasteiger partial charge in [-0.25, -0.2) is 0 Å². The third-order valence-corrected chi connectivity index (χ3v) is 4.06. The lowest BCUT2D eigenvalue weighted by atomic mass is 10.1. The fourth-order valence-corrected chi connectivity index (χ4v) is 2.97. The molecular formula is C17H16FN3O3. The molecule has 6 nitrogen and oxygen atoms in total. The van der Waals surface area contributed by atoms with Crippen molar-refractivity contribution in [3.63, 3.8) is 0 Å². The topological polar surface area (TPSA) is 75.5 Å². The Kier molecular flexibility index (Phi) is 4.16. The van der Waals surface area contributed by atoms with Crippen molar-refractivity contribution in [2.75, 3.05) is 16.8 Å². The Morgan fingerprint density at radius 3 is 2.88 bits per heavy atom. The second-order valence-corrected chi connectivity index (χ2v) is 5.72. The van der Waals surface area contributed by atoms with Crippen LogP contribution in [0.15, 0.2) is 42.5 Å². The summed E-state index contributed by atoms with van der Waals surface area (Å²) < 4.78 is 13.3. The summed E-state index contributed by atoms with van der Waals surface area (Å²) in [4.78, 5) is 24.2. The van der Waals surface area contributed by atoms with Gasteiger partial charge in [-0.05, 0) is 37.1 Å². The Hall–Kier alpha value is -2.96. The van der Waals surface area contributed by atoms with Crippen LogP contribution in [0.25, 0.3) is 0 Å². The minimum atomic E-state index is -0.904. The van der Waals surface area contributed by atoms with Crippen molar-refractivity contribution in [3.05, 3.63) is 64.0 Å². The first-order valence-corrected chi connectivity index (χ1v) is 7.55. The Labute approximate surface area is 138 Å². The molecule has 1 aliphatic heterocycles. The Bertz CT molecular complexity index is 809. The molecule has 0 aliphatic carbocycles. The SMILES string of the molecule is C[C@H]1Cc2ccccc2N1C(=O)CNc1ccc(F)c([N+](=O)[O-])c1. The molecule has 124 valence electrons. The summed E-state index contributed by atoms with van der Waals surface area (Å²) in [6, 6.07) is 11.2. The van der Waals surface area contributed by atoms with Crippen molar-refractivity contribution in [1.82, 2.24) is 0 Å². The van der Waals surface area contributed by atoms with Gasteiger partial charge in [0.05, 0.1) is 11.5 Å². The molecule has 0 saturated heterocycles. The second kappa shape index (κ2) is 6.27. The molecule has 24 heavy (non-hydrogen) atoms. The van der Waals surface area contributed by atoms with E-state index in [0.717, 1.165) is 29.8 Å². The molecule has 0 unspecified atom stereocenters. The maximum Gasteiger partial charge on any atom is 0.306 e. The number of para-hydroxylation sites is 1. The van der Waals surface area contributed by atoms with E-state index in [1.807, 2.05) is 31.2 Å². The van der Waals surface area contributed by atoms with E-state index in [1.54, 1.807) is 4.90 Å². The molecule has 0 fully saturated rings. The number of benzene rings is 2. The number of amides is 1. The first kappa shape index (κ1) is 15.9. The van der Waals surface area contributed by atoms with E-state index in [9.17, 15) is 19.3 Å². The van der Waals surface area contributed by atoms with Gasteiger partial charge in [0, 0.05) is 23.5 Å². The van der Waals surface area contributed by atoms with Crippen LogP contribution in [0.4, 0.5) is 21.5 Å². The number of carbonyl (C=O) groups excluding carboxylic acids is 1. The number of nitrogens with one attached hydrogen (secondary N) is 1. The third kappa shape index (κ3) is 2.92. The largest absolute Gasteiger partial charge is 0.376 e. The molecule has 2 aromatic rings. The lowest BCUT2D eigenvalue weighted by Gasteiger charge is -2.23. The van der Waals surface area contributed by atoms with E-state index in [1.165, 1.54) is 6.07 Å². The molecule has 3 rings (SSSR count). The first-order chi connectivity index (χ1) is 11.5. The van der Waals surface area contributed by atoms with Crippen LogP contribution < -0.4 is 10.2 Å². The maximum atomic E-state index is 13.3. The van der Waals surface area contributed by atoms with Crippen molar-refractivity contribution in [2.24, 2.45) is 0 Å². The van der Waals surface area contributed by atoms with Crippen LogP contribution in [0.5, 0.6) is 0 Å². The molecule has 7 heteroatoms. The van der Waals surface area contributed by atoms with E-state index in [2.05, 4.69) is 5.32 Å². The van der Waals surface area contributed by atoms with Crippen LogP contribution in [0.3, 0.4) is 0 Å². The van der Waals surface area contributed by atoms with E-state index in [0.29, 0.717) is 5.69 Å². The molecule has 0 radical (unpaired) electrons. The van der Waals surface area contributed by atoms with Gasteiger partial charge in [-0.2, -0.15) is 4.39 Å². The van der Waals surface area contributed by atoms with Gasteiger partial charge >= 0.3 is 5.69 Å². The first-order valence-electron chi connectivity index (χ1n) is 7.55. The molecule has 1 atom stereocenters. The van der Waals surface area contributed by atoms with Crippen LogP contribution in [0.1, 0.15) is 12.5 Å². The molecule has 1 N–H and O–H groups in total. The zero-order valence-corrected chi connectivity index (χ0v) is 13.0. The number of rotatable bonds is 4. The Morgan fingerprint density at radius 2 is 2.12 bits per heavy atom. The zero-order valence-electron chi connectivity index (χ0n) is 13.0. The number of hydrogen-bond acceptors (Lipinski definition) is 4. The molecular weight excluding hydrogens is 313 g/mol. The number of carbonyl (C=O) groups is 1. The second-order valence-electron chi connectivity index (χ2n) is 5.72. The van der Waals surface area contributed by atoms with Gasteiger partial charge in [0.2, 0.25) is 11.7 Å². The van der Waals surface area contributed by atoms with Gasteiger partial charge in [-0.3, -0.25) is 14.9 Å². The Morgan fingerprint density at radius 1 is 1.38 bits per heavy atom. The number of hydrogen-bond donors (Lipinski definition) is 1.